The summed E-state index contributed by atoms with van der Waals surface area (Å²) in [4.78, 5) is 16.7. The third kappa shape index (κ3) is 7.15. The van der Waals surface area contributed by atoms with Crippen molar-refractivity contribution in [3.8, 4) is 0 Å². The van der Waals surface area contributed by atoms with Crippen LogP contribution in [0.2, 0.25) is 0 Å². The highest BCUT2D eigenvalue weighted by molar-refractivity contribution is 5.85. The maximum atomic E-state index is 12.2. The molecule has 2 saturated heterocycles. The summed E-state index contributed by atoms with van der Waals surface area (Å²) in [5, 5.41) is 3.34. The van der Waals surface area contributed by atoms with Crippen molar-refractivity contribution in [3.05, 3.63) is 0 Å². The number of carbonyl (C=O) groups is 1. The molecule has 1 unspecified atom stereocenters. The number of amides is 1. The first kappa shape index (κ1) is 20.9. The molecule has 0 bridgehead atoms. The second-order valence-corrected chi connectivity index (χ2v) is 6.01. The molecule has 0 aliphatic carbocycles. The molecule has 0 aromatic heterocycles. The fourth-order valence-corrected chi connectivity index (χ4v) is 2.79. The molecule has 0 radical (unpaired) electrons. The van der Waals surface area contributed by atoms with Crippen molar-refractivity contribution in [3.63, 3.8) is 0 Å². The fourth-order valence-electron chi connectivity index (χ4n) is 2.79. The number of piperazine rings is 1. The Hall–Kier alpha value is -0.0700. The zero-order valence-electron chi connectivity index (χ0n) is 13.0. The Morgan fingerprint density at radius 2 is 1.90 bits per heavy atom. The first-order valence-corrected chi connectivity index (χ1v) is 7.46. The van der Waals surface area contributed by atoms with Crippen molar-refractivity contribution < 1.29 is 9.53 Å². The van der Waals surface area contributed by atoms with Gasteiger partial charge < -0.3 is 15.0 Å². The SMILES string of the molecule is CC(C)CN1CCN(C(=O)CC2COCCN2)CC1.Cl.Cl. The number of morpholine rings is 1. The van der Waals surface area contributed by atoms with Crippen LogP contribution in [-0.4, -0.2) is 74.2 Å². The van der Waals surface area contributed by atoms with Gasteiger partial charge in [-0.3, -0.25) is 9.69 Å². The van der Waals surface area contributed by atoms with Gasteiger partial charge in [-0.25, -0.2) is 0 Å². The summed E-state index contributed by atoms with van der Waals surface area (Å²) in [7, 11) is 0. The molecule has 2 aliphatic rings. The van der Waals surface area contributed by atoms with Gasteiger partial charge in [0.1, 0.15) is 0 Å². The number of ether oxygens (including phenoxy) is 1. The number of hydrogen-bond donors (Lipinski definition) is 1. The molecule has 21 heavy (non-hydrogen) atoms. The summed E-state index contributed by atoms with van der Waals surface area (Å²) >= 11 is 0. The van der Waals surface area contributed by atoms with Crippen LogP contribution in [0.3, 0.4) is 0 Å². The summed E-state index contributed by atoms with van der Waals surface area (Å²) in [6.07, 6.45) is 0.574. The summed E-state index contributed by atoms with van der Waals surface area (Å²) in [6, 6.07) is 0.204. The Balaban J connectivity index is 0.00000200. The van der Waals surface area contributed by atoms with Crippen LogP contribution in [0.1, 0.15) is 20.3 Å². The van der Waals surface area contributed by atoms with Crippen LogP contribution in [0.15, 0.2) is 0 Å². The molecule has 0 saturated carbocycles. The molecule has 7 heteroatoms. The molecule has 0 aromatic rings. The highest BCUT2D eigenvalue weighted by atomic mass is 35.5. The lowest BCUT2D eigenvalue weighted by molar-refractivity contribution is -0.134. The molecule has 2 heterocycles. The summed E-state index contributed by atoms with van der Waals surface area (Å²) in [6.45, 7) is 11.7. The van der Waals surface area contributed by atoms with E-state index in [1.165, 1.54) is 0 Å². The van der Waals surface area contributed by atoms with Gasteiger partial charge in [-0.2, -0.15) is 0 Å². The van der Waals surface area contributed by atoms with Crippen molar-refractivity contribution in [2.24, 2.45) is 5.92 Å². The number of hydrogen-bond acceptors (Lipinski definition) is 4. The molecular formula is C14H29Cl2N3O2. The van der Waals surface area contributed by atoms with Crippen LogP contribution in [0.5, 0.6) is 0 Å². The van der Waals surface area contributed by atoms with Crippen LogP contribution < -0.4 is 5.32 Å². The number of nitrogens with zero attached hydrogens (tertiary/aromatic N) is 2. The van der Waals surface area contributed by atoms with Crippen molar-refractivity contribution in [1.29, 1.82) is 0 Å². The topological polar surface area (TPSA) is 44.8 Å². The first-order chi connectivity index (χ1) is 9.15. The van der Waals surface area contributed by atoms with Gasteiger partial charge >= 0.3 is 0 Å². The first-order valence-electron chi connectivity index (χ1n) is 7.46. The van der Waals surface area contributed by atoms with Crippen molar-refractivity contribution in [2.45, 2.75) is 26.3 Å². The smallest absolute Gasteiger partial charge is 0.224 e. The third-order valence-corrected chi connectivity index (χ3v) is 3.77. The predicted molar refractivity (Wildman–Crippen MR) is 89.6 cm³/mol. The predicted octanol–water partition coefficient (Wildman–Crippen LogP) is 1.01. The summed E-state index contributed by atoms with van der Waals surface area (Å²) in [5.74, 6) is 0.970. The molecule has 2 rings (SSSR count). The van der Waals surface area contributed by atoms with E-state index >= 15 is 0 Å². The van der Waals surface area contributed by atoms with Crippen molar-refractivity contribution in [2.75, 3.05) is 52.5 Å². The molecule has 0 spiro atoms. The third-order valence-electron chi connectivity index (χ3n) is 3.77. The Bertz CT molecular complexity index is 292. The quantitative estimate of drug-likeness (QED) is 0.828. The van der Waals surface area contributed by atoms with E-state index in [-0.39, 0.29) is 36.8 Å². The van der Waals surface area contributed by atoms with E-state index in [0.717, 1.165) is 45.9 Å². The van der Waals surface area contributed by atoms with Gasteiger partial charge in [-0.05, 0) is 5.92 Å². The van der Waals surface area contributed by atoms with E-state index in [4.69, 9.17) is 4.74 Å². The minimum absolute atomic E-state index is 0. The lowest BCUT2D eigenvalue weighted by atomic mass is 10.1. The molecular weight excluding hydrogens is 313 g/mol. The van der Waals surface area contributed by atoms with Gasteiger partial charge in [0.05, 0.1) is 13.2 Å². The molecule has 1 atom stereocenters. The minimum Gasteiger partial charge on any atom is -0.378 e. The fraction of sp³-hybridized carbons (Fsp3) is 0.929. The van der Waals surface area contributed by atoms with Crippen molar-refractivity contribution in [1.82, 2.24) is 15.1 Å². The molecule has 126 valence electrons. The Morgan fingerprint density at radius 3 is 2.43 bits per heavy atom. The van der Waals surface area contributed by atoms with Crippen LogP contribution in [0, 0.1) is 5.92 Å². The van der Waals surface area contributed by atoms with E-state index < -0.39 is 0 Å². The van der Waals surface area contributed by atoms with Crippen molar-refractivity contribution >= 4 is 30.7 Å². The molecule has 1 amide bonds. The van der Waals surface area contributed by atoms with Crippen LogP contribution in [-0.2, 0) is 9.53 Å². The number of halogens is 2. The van der Waals surface area contributed by atoms with Gasteiger partial charge in [-0.1, -0.05) is 13.8 Å². The maximum absolute atomic E-state index is 12.2. The Kier molecular flexibility index (Phi) is 10.6. The van der Waals surface area contributed by atoms with Crippen LogP contribution in [0.25, 0.3) is 0 Å². The normalized spacial score (nSPS) is 23.4. The molecule has 1 N–H and O–H groups in total. The van der Waals surface area contributed by atoms with E-state index in [9.17, 15) is 4.79 Å². The van der Waals surface area contributed by atoms with Gasteiger partial charge in [0.2, 0.25) is 5.91 Å². The highest BCUT2D eigenvalue weighted by Gasteiger charge is 2.24. The van der Waals surface area contributed by atoms with Gasteiger partial charge in [-0.15, -0.1) is 24.8 Å². The molecule has 5 nitrogen and oxygen atoms in total. The van der Waals surface area contributed by atoms with E-state index in [1.807, 2.05) is 4.90 Å². The molecule has 2 fully saturated rings. The highest BCUT2D eigenvalue weighted by Crippen LogP contribution is 2.08. The largest absolute Gasteiger partial charge is 0.378 e. The molecule has 0 aromatic carbocycles. The standard InChI is InChI=1S/C14H27N3O2.2ClH/c1-12(2)10-16-4-6-17(7-5-16)14(18)9-13-11-19-8-3-15-13;;/h12-13,15H,3-11H2,1-2H3;2*1H. The Morgan fingerprint density at radius 1 is 1.24 bits per heavy atom. The summed E-state index contributed by atoms with van der Waals surface area (Å²) in [5.41, 5.74) is 0. The zero-order chi connectivity index (χ0) is 13.7. The van der Waals surface area contributed by atoms with E-state index in [2.05, 4.69) is 24.1 Å². The minimum atomic E-state index is 0. The van der Waals surface area contributed by atoms with E-state index in [1.54, 1.807) is 0 Å². The molecule has 2 aliphatic heterocycles. The van der Waals surface area contributed by atoms with Gasteiger partial charge in [0.25, 0.3) is 0 Å². The second-order valence-electron chi connectivity index (χ2n) is 6.01. The van der Waals surface area contributed by atoms with E-state index in [0.29, 0.717) is 18.9 Å². The maximum Gasteiger partial charge on any atom is 0.224 e. The average Bonchev–Trinajstić information content (AvgIpc) is 2.40. The lowest BCUT2D eigenvalue weighted by Gasteiger charge is -2.36. The lowest BCUT2D eigenvalue weighted by Crippen LogP contribution is -2.51. The summed E-state index contributed by atoms with van der Waals surface area (Å²) < 4.78 is 5.39. The van der Waals surface area contributed by atoms with Crippen LogP contribution in [0.4, 0.5) is 0 Å². The zero-order valence-corrected chi connectivity index (χ0v) is 14.7. The number of nitrogens with one attached hydrogen (secondary N) is 1. The average molecular weight is 342 g/mol. The Labute approximate surface area is 140 Å². The number of carbonyl (C=O) groups excluding carboxylic acids is 1. The van der Waals surface area contributed by atoms with Gasteiger partial charge in [0, 0.05) is 51.7 Å². The van der Waals surface area contributed by atoms with Gasteiger partial charge in [0.15, 0.2) is 0 Å². The second kappa shape index (κ2) is 10.6. The number of rotatable bonds is 4. The monoisotopic (exact) mass is 341 g/mol. The van der Waals surface area contributed by atoms with Crippen LogP contribution >= 0.6 is 24.8 Å².